The predicted molar refractivity (Wildman–Crippen MR) is 155 cm³/mol. The molecular formula is C26H26Cl4N6O6. The first-order valence-corrected chi connectivity index (χ1v) is 13.0. The molecule has 224 valence electrons. The summed E-state index contributed by atoms with van der Waals surface area (Å²) in [7, 11) is 0. The largest absolute Gasteiger partial charge is 0.872 e. The minimum atomic E-state index is -1.25. The highest BCUT2D eigenvalue weighted by Gasteiger charge is 2.10. The highest BCUT2D eigenvalue weighted by molar-refractivity contribution is 6.33. The summed E-state index contributed by atoms with van der Waals surface area (Å²) in [6.45, 7) is 7.30. The predicted octanol–water partition coefficient (Wildman–Crippen LogP) is 3.72. The zero-order valence-corrected chi connectivity index (χ0v) is 25.6. The van der Waals surface area contributed by atoms with Crippen LogP contribution in [0.2, 0.25) is 20.1 Å². The summed E-state index contributed by atoms with van der Waals surface area (Å²) in [6.07, 6.45) is 0. The molecule has 0 spiro atoms. The molecule has 16 heteroatoms. The first kappa shape index (κ1) is 35.9. The molecule has 0 radical (unpaired) electrons. The molecule has 2 aromatic heterocycles. The van der Waals surface area contributed by atoms with Crippen LogP contribution >= 0.6 is 46.4 Å². The number of hydrogen-bond donors (Lipinski definition) is 4. The molecule has 4 aromatic rings. The van der Waals surface area contributed by atoms with Gasteiger partial charge in [-0.2, -0.15) is 0 Å². The van der Waals surface area contributed by atoms with Gasteiger partial charge < -0.3 is 31.9 Å². The molecule has 2 aromatic carbocycles. The summed E-state index contributed by atoms with van der Waals surface area (Å²) in [4.78, 5) is 34.4. The second-order valence-corrected chi connectivity index (χ2v) is 9.79. The van der Waals surface area contributed by atoms with Gasteiger partial charge in [0.05, 0.1) is 11.1 Å². The van der Waals surface area contributed by atoms with Crippen LogP contribution in [0.15, 0.2) is 36.4 Å². The van der Waals surface area contributed by atoms with Crippen LogP contribution in [0, 0.1) is 27.7 Å². The van der Waals surface area contributed by atoms with Gasteiger partial charge in [0, 0.05) is 23.9 Å². The Morgan fingerprint density at radius 3 is 1.24 bits per heavy atom. The van der Waals surface area contributed by atoms with Gasteiger partial charge in [0.2, 0.25) is 23.3 Å². The summed E-state index contributed by atoms with van der Waals surface area (Å²) in [6, 6.07) is 7.24. The van der Waals surface area contributed by atoms with Crippen LogP contribution in [0.1, 0.15) is 43.8 Å². The number of anilines is 2. The number of halogens is 4. The number of aromatic carboxylic acids is 2. The number of benzene rings is 2. The Balaban J connectivity index is 0.000000280. The molecule has 0 saturated heterocycles. The molecular weight excluding hydrogens is 634 g/mol. The van der Waals surface area contributed by atoms with Gasteiger partial charge in [-0.15, -0.1) is 9.97 Å². The highest BCUT2D eigenvalue weighted by atomic mass is 35.5. The van der Waals surface area contributed by atoms with Crippen molar-refractivity contribution in [1.29, 1.82) is 0 Å². The van der Waals surface area contributed by atoms with Crippen LogP contribution in [-0.2, 0) is 0 Å². The van der Waals surface area contributed by atoms with Gasteiger partial charge >= 0.3 is 11.9 Å². The molecule has 0 atom stereocenters. The van der Waals surface area contributed by atoms with Crippen molar-refractivity contribution in [2.45, 2.75) is 27.7 Å². The lowest BCUT2D eigenvalue weighted by atomic mass is 10.2. The Kier molecular flexibility index (Phi) is 14.0. The van der Waals surface area contributed by atoms with Crippen molar-refractivity contribution >= 4 is 70.0 Å². The van der Waals surface area contributed by atoms with Crippen LogP contribution in [0.3, 0.4) is 0 Å². The van der Waals surface area contributed by atoms with E-state index in [1.165, 1.54) is 12.1 Å². The maximum atomic E-state index is 10.8. The van der Waals surface area contributed by atoms with Gasteiger partial charge in [-0.3, -0.25) is 0 Å². The van der Waals surface area contributed by atoms with Gasteiger partial charge in [0.25, 0.3) is 0 Å². The maximum Gasteiger partial charge on any atom is 0.335 e. The smallest absolute Gasteiger partial charge is 0.335 e. The van der Waals surface area contributed by atoms with Crippen molar-refractivity contribution in [2.75, 3.05) is 11.5 Å². The van der Waals surface area contributed by atoms with E-state index in [2.05, 4.69) is 19.9 Å². The summed E-state index contributed by atoms with van der Waals surface area (Å²) >= 11 is 22.4. The summed E-state index contributed by atoms with van der Waals surface area (Å²) in [5.74, 6) is -1.05. The zero-order chi connectivity index (χ0) is 32.3. The molecule has 12 nitrogen and oxygen atoms in total. The summed E-state index contributed by atoms with van der Waals surface area (Å²) in [5, 5.41) is 39.9. The van der Waals surface area contributed by atoms with Crippen LogP contribution in [0.25, 0.3) is 0 Å². The zero-order valence-electron chi connectivity index (χ0n) is 22.6. The van der Waals surface area contributed by atoms with Crippen LogP contribution < -0.4 is 31.6 Å². The molecule has 0 aliphatic heterocycles. The number of nitrogen functional groups attached to an aromatic ring is 2. The van der Waals surface area contributed by atoms with Crippen molar-refractivity contribution < 1.29 is 40.0 Å². The van der Waals surface area contributed by atoms with E-state index in [4.69, 9.17) is 68.1 Å². The average molecular weight is 660 g/mol. The highest BCUT2D eigenvalue weighted by Crippen LogP contribution is 2.20. The number of carboxylic acids is 2. The fourth-order valence-corrected chi connectivity index (χ4v) is 3.41. The van der Waals surface area contributed by atoms with Gasteiger partial charge in [-0.25, -0.2) is 19.6 Å². The third-order valence-electron chi connectivity index (χ3n) is 4.75. The van der Waals surface area contributed by atoms with E-state index >= 15 is 0 Å². The fraction of sp³-hybridized carbons (Fsp3) is 0.154. The van der Waals surface area contributed by atoms with E-state index in [0.29, 0.717) is 21.7 Å². The third kappa shape index (κ3) is 11.4. The molecule has 4 rings (SSSR count). The van der Waals surface area contributed by atoms with E-state index in [-0.39, 0.29) is 21.2 Å². The number of rotatable bonds is 2. The Hall–Kier alpha value is -4.10. The van der Waals surface area contributed by atoms with Crippen LogP contribution in [-0.4, -0.2) is 32.1 Å². The molecule has 0 aliphatic carbocycles. The number of nitrogens with one attached hydrogen (secondary N) is 2. The topological polar surface area (TPSA) is 227 Å². The lowest BCUT2D eigenvalue weighted by molar-refractivity contribution is -0.376. The molecule has 0 bridgehead atoms. The van der Waals surface area contributed by atoms with Crippen molar-refractivity contribution in [1.82, 2.24) is 9.97 Å². The molecule has 2 heterocycles. The minimum absolute atomic E-state index is 0.252. The monoisotopic (exact) mass is 658 g/mol. The Morgan fingerprint density at radius 1 is 0.690 bits per heavy atom. The molecule has 8 N–H and O–H groups in total. The van der Waals surface area contributed by atoms with E-state index < -0.39 is 23.4 Å². The number of aromatic nitrogens is 4. The summed E-state index contributed by atoms with van der Waals surface area (Å²) < 4.78 is 0. The number of aryl methyl sites for hydroxylation is 4. The minimum Gasteiger partial charge on any atom is -0.872 e. The molecule has 0 aliphatic rings. The Bertz CT molecular complexity index is 1430. The first-order chi connectivity index (χ1) is 19.4. The van der Waals surface area contributed by atoms with Gasteiger partial charge in [-0.1, -0.05) is 70.0 Å². The van der Waals surface area contributed by atoms with E-state index in [9.17, 15) is 19.8 Å². The maximum absolute atomic E-state index is 10.8. The van der Waals surface area contributed by atoms with Crippen molar-refractivity contribution in [2.24, 2.45) is 0 Å². The number of nitrogens with zero attached hydrogens (tertiary/aromatic N) is 2. The van der Waals surface area contributed by atoms with Gasteiger partial charge in [0.1, 0.15) is 11.4 Å². The molecule has 0 unspecified atom stereocenters. The Labute approximate surface area is 260 Å². The molecule has 42 heavy (non-hydrogen) atoms. The number of carboxylic acid groups (broad SMARTS) is 2. The average Bonchev–Trinajstić information content (AvgIpc) is 2.89. The van der Waals surface area contributed by atoms with Crippen molar-refractivity contribution in [3.05, 3.63) is 90.7 Å². The van der Waals surface area contributed by atoms with Gasteiger partial charge in [0.15, 0.2) is 10.0 Å². The molecule has 0 fully saturated rings. The molecule has 0 saturated carbocycles. The number of H-pyrrole nitrogens is 2. The fourth-order valence-electron chi connectivity index (χ4n) is 2.89. The quantitative estimate of drug-likeness (QED) is 0.244. The van der Waals surface area contributed by atoms with E-state index in [1.807, 2.05) is 27.7 Å². The standard InChI is InChI=1S/2C7H5ClO3.2C6H8ClN3/c2*8-4-1-2-6(9)5(3-4)7(10)11;2*1-3-5(7)6(8)10-4(2)9-3/h2*1-3,9H,(H,10,11);2*1-2H3,(H2,8,9,10). The lowest BCUT2D eigenvalue weighted by Crippen LogP contribution is -2.17. The normalized spacial score (nSPS) is 9.71. The van der Waals surface area contributed by atoms with Crippen LogP contribution in [0.4, 0.5) is 11.6 Å². The number of carbonyl (C=O) groups is 2. The second kappa shape index (κ2) is 16.4. The number of aromatic amines is 2. The Morgan fingerprint density at radius 2 is 1.00 bits per heavy atom. The number of nitrogens with two attached hydrogens (primary N) is 2. The van der Waals surface area contributed by atoms with E-state index in [0.717, 1.165) is 47.3 Å². The number of hydrogen-bond acceptors (Lipinski definition) is 8. The lowest BCUT2D eigenvalue weighted by Gasteiger charge is -2.08. The van der Waals surface area contributed by atoms with Crippen LogP contribution in [0.5, 0.6) is 11.5 Å². The van der Waals surface area contributed by atoms with Crippen molar-refractivity contribution in [3.8, 4) is 11.5 Å². The second-order valence-electron chi connectivity index (χ2n) is 8.16. The third-order valence-corrected chi connectivity index (χ3v) is 6.18. The summed E-state index contributed by atoms with van der Waals surface area (Å²) in [5.41, 5.74) is 11.9. The molecule has 0 amide bonds. The first-order valence-electron chi connectivity index (χ1n) is 11.5. The van der Waals surface area contributed by atoms with Crippen molar-refractivity contribution in [3.63, 3.8) is 0 Å². The van der Waals surface area contributed by atoms with Gasteiger partial charge in [-0.05, 0) is 38.1 Å². The van der Waals surface area contributed by atoms with E-state index in [1.54, 1.807) is 0 Å². The SMILES string of the molecule is Cc1nc(C)c(Cl)c(N)[nH+]1.Cc1nc(C)c(Cl)c(N)[nH+]1.O=C(O)c1cc(Cl)ccc1[O-].O=C(O)c1cc(Cl)ccc1[O-].